The highest BCUT2D eigenvalue weighted by Gasteiger charge is 2.35. The van der Waals surface area contributed by atoms with Crippen LogP contribution in [0, 0.1) is 11.6 Å². The number of aromatic nitrogens is 2. The van der Waals surface area contributed by atoms with Gasteiger partial charge >= 0.3 is 6.03 Å². The quantitative estimate of drug-likeness (QED) is 0.313. The highest BCUT2D eigenvalue weighted by Crippen LogP contribution is 2.22. The molecule has 0 bridgehead atoms. The first kappa shape index (κ1) is 22.5. The molecule has 0 spiro atoms. The Hall–Kier alpha value is -4.31. The molecule has 2 aromatic heterocycles. The molecule has 176 valence electrons. The average molecular weight is 493 g/mol. The van der Waals surface area contributed by atoms with Crippen LogP contribution in [0.15, 0.2) is 76.5 Å². The number of nitrogens with one attached hydrogen (secondary N) is 2. The fourth-order valence-electron chi connectivity index (χ4n) is 3.83. The van der Waals surface area contributed by atoms with Crippen LogP contribution in [0.2, 0.25) is 0 Å². The first-order valence-corrected chi connectivity index (χ1v) is 11.5. The van der Waals surface area contributed by atoms with E-state index >= 15 is 0 Å². The molecule has 2 N–H and O–H groups in total. The molecule has 7 nitrogen and oxygen atoms in total. The number of carbonyl (C=O) groups excluding carboxylic acids is 2. The minimum absolute atomic E-state index is 0.157. The minimum atomic E-state index is -0.863. The van der Waals surface area contributed by atoms with Crippen LogP contribution in [0.3, 0.4) is 0 Å². The Kier molecular flexibility index (Phi) is 5.87. The van der Waals surface area contributed by atoms with Gasteiger partial charge in [0.25, 0.3) is 11.5 Å². The van der Waals surface area contributed by atoms with E-state index in [1.807, 2.05) is 23.6 Å². The molecule has 4 aromatic rings. The number of halogens is 2. The number of amides is 3. The summed E-state index contributed by atoms with van der Waals surface area (Å²) in [6.07, 6.45) is 1.71. The predicted octanol–water partition coefficient (Wildman–Crippen LogP) is 4.19. The Bertz CT molecular complexity index is 1490. The number of carbonyl (C=O) groups is 2. The van der Waals surface area contributed by atoms with E-state index in [4.69, 9.17) is 0 Å². The van der Waals surface area contributed by atoms with Crippen molar-refractivity contribution < 1.29 is 18.4 Å². The second-order valence-corrected chi connectivity index (χ2v) is 8.85. The van der Waals surface area contributed by atoms with Crippen molar-refractivity contribution in [1.29, 1.82) is 0 Å². The van der Waals surface area contributed by atoms with Gasteiger partial charge in [-0.2, -0.15) is 0 Å². The Morgan fingerprint density at radius 1 is 0.914 bits per heavy atom. The minimum Gasteiger partial charge on any atom is -0.303 e. The molecule has 5 rings (SSSR count). The highest BCUT2D eigenvalue weighted by atomic mass is 32.1. The molecule has 10 heteroatoms. The van der Waals surface area contributed by atoms with Gasteiger partial charge in [0.15, 0.2) is 0 Å². The molecular weight excluding hydrogens is 474 g/mol. The van der Waals surface area contributed by atoms with Crippen molar-refractivity contribution in [3.8, 4) is 5.69 Å². The molecular formula is C25H18F2N4O3S. The van der Waals surface area contributed by atoms with Crippen LogP contribution in [0.1, 0.15) is 21.7 Å². The lowest BCUT2D eigenvalue weighted by atomic mass is 10.1. The Morgan fingerprint density at radius 3 is 2.34 bits per heavy atom. The number of para-hydroxylation sites is 1. The number of aromatic amines is 1. The maximum Gasteiger partial charge on any atom is 0.329 e. The zero-order valence-corrected chi connectivity index (χ0v) is 18.9. The fraction of sp³-hybridized carbons (Fsp3) is 0.0800. The standard InChI is InChI=1S/C25H18F2N4O3S/c26-19-9-4-10-20(27)18(19)14-30-24(33)22(28-25(30)34)13-17-21(12-16-8-5-11-35-16)29-31(23(17)32)15-6-2-1-3-7-15/h1-11,13,29H,12,14H2,(H,28,34). The van der Waals surface area contributed by atoms with Gasteiger partial charge in [0, 0.05) is 16.9 Å². The number of thiophene rings is 1. The predicted molar refractivity (Wildman–Crippen MR) is 127 cm³/mol. The third-order valence-electron chi connectivity index (χ3n) is 5.58. The third kappa shape index (κ3) is 4.31. The summed E-state index contributed by atoms with van der Waals surface area (Å²) in [5.41, 5.74) is 0.391. The van der Waals surface area contributed by atoms with Crippen LogP contribution in [0.5, 0.6) is 0 Å². The van der Waals surface area contributed by atoms with E-state index in [0.29, 0.717) is 22.7 Å². The summed E-state index contributed by atoms with van der Waals surface area (Å²) in [5.74, 6) is -2.51. The molecule has 0 unspecified atom stereocenters. The molecule has 0 radical (unpaired) electrons. The molecule has 1 aliphatic heterocycles. The second kappa shape index (κ2) is 9.15. The first-order valence-electron chi connectivity index (χ1n) is 10.6. The van der Waals surface area contributed by atoms with E-state index in [-0.39, 0.29) is 11.3 Å². The number of benzene rings is 2. The van der Waals surface area contributed by atoms with Gasteiger partial charge < -0.3 is 5.32 Å². The number of H-pyrrole nitrogens is 1. The Balaban J connectivity index is 1.53. The zero-order chi connectivity index (χ0) is 24.5. The largest absolute Gasteiger partial charge is 0.329 e. The van der Waals surface area contributed by atoms with Crippen LogP contribution in [0.25, 0.3) is 11.8 Å². The fourth-order valence-corrected chi connectivity index (χ4v) is 4.54. The number of hydrogen-bond acceptors (Lipinski definition) is 4. The van der Waals surface area contributed by atoms with Crippen LogP contribution in [-0.2, 0) is 17.8 Å². The van der Waals surface area contributed by atoms with E-state index in [9.17, 15) is 23.2 Å². The van der Waals surface area contributed by atoms with E-state index in [2.05, 4.69) is 10.4 Å². The average Bonchev–Trinajstić information content (AvgIpc) is 3.53. The van der Waals surface area contributed by atoms with Crippen molar-refractivity contribution >= 4 is 29.4 Å². The smallest absolute Gasteiger partial charge is 0.303 e. The summed E-state index contributed by atoms with van der Waals surface area (Å²) in [7, 11) is 0. The molecule has 35 heavy (non-hydrogen) atoms. The lowest BCUT2D eigenvalue weighted by Crippen LogP contribution is -2.31. The van der Waals surface area contributed by atoms with Gasteiger partial charge in [0.2, 0.25) is 0 Å². The number of rotatable bonds is 6. The SMILES string of the molecule is O=C1NC(=Cc2c(Cc3cccs3)[nH]n(-c3ccccc3)c2=O)C(=O)N1Cc1c(F)cccc1F. The number of imide groups is 1. The summed E-state index contributed by atoms with van der Waals surface area (Å²) in [6.45, 7) is -0.579. The summed E-state index contributed by atoms with van der Waals surface area (Å²) in [5, 5.41) is 7.43. The molecule has 3 amide bonds. The monoisotopic (exact) mass is 492 g/mol. The molecule has 1 saturated heterocycles. The van der Waals surface area contributed by atoms with Gasteiger partial charge in [-0.05, 0) is 41.8 Å². The zero-order valence-electron chi connectivity index (χ0n) is 18.1. The second-order valence-electron chi connectivity index (χ2n) is 7.82. The molecule has 0 saturated carbocycles. The molecule has 0 aliphatic carbocycles. The lowest BCUT2D eigenvalue weighted by molar-refractivity contribution is -0.123. The number of hydrogen-bond donors (Lipinski definition) is 2. The van der Waals surface area contributed by atoms with E-state index < -0.39 is 41.2 Å². The third-order valence-corrected chi connectivity index (χ3v) is 6.46. The Morgan fingerprint density at radius 2 is 1.66 bits per heavy atom. The summed E-state index contributed by atoms with van der Waals surface area (Å²) >= 11 is 1.52. The van der Waals surface area contributed by atoms with Crippen molar-refractivity contribution in [3.05, 3.63) is 115 Å². The van der Waals surface area contributed by atoms with Crippen LogP contribution < -0.4 is 10.9 Å². The molecule has 2 aromatic carbocycles. The van der Waals surface area contributed by atoms with Gasteiger partial charge in [-0.15, -0.1) is 11.3 Å². The summed E-state index contributed by atoms with van der Waals surface area (Å²) < 4.78 is 29.5. The molecule has 3 heterocycles. The normalized spacial score (nSPS) is 14.7. The van der Waals surface area contributed by atoms with Crippen molar-refractivity contribution in [3.63, 3.8) is 0 Å². The first-order chi connectivity index (χ1) is 16.9. The van der Waals surface area contributed by atoms with Gasteiger partial charge in [-0.1, -0.05) is 30.3 Å². The number of nitrogens with zero attached hydrogens (tertiary/aromatic N) is 2. The molecule has 1 fully saturated rings. The maximum atomic E-state index is 14.1. The number of urea groups is 1. The van der Waals surface area contributed by atoms with E-state index in [0.717, 1.165) is 17.0 Å². The van der Waals surface area contributed by atoms with Gasteiger partial charge in [-0.3, -0.25) is 19.6 Å². The Labute approximate surface area is 201 Å². The molecule has 0 atom stereocenters. The van der Waals surface area contributed by atoms with Crippen LogP contribution in [-0.4, -0.2) is 26.6 Å². The maximum absolute atomic E-state index is 14.1. The van der Waals surface area contributed by atoms with Crippen molar-refractivity contribution in [2.24, 2.45) is 0 Å². The molecule has 1 aliphatic rings. The lowest BCUT2D eigenvalue weighted by Gasteiger charge is -2.13. The van der Waals surface area contributed by atoms with Gasteiger partial charge in [0.1, 0.15) is 17.3 Å². The topological polar surface area (TPSA) is 87.2 Å². The van der Waals surface area contributed by atoms with Gasteiger partial charge in [0.05, 0.1) is 23.5 Å². The summed E-state index contributed by atoms with van der Waals surface area (Å²) in [6, 6.07) is 15.2. The summed E-state index contributed by atoms with van der Waals surface area (Å²) in [4.78, 5) is 40.5. The van der Waals surface area contributed by atoms with Crippen molar-refractivity contribution in [2.45, 2.75) is 13.0 Å². The van der Waals surface area contributed by atoms with Crippen molar-refractivity contribution in [2.75, 3.05) is 0 Å². The van der Waals surface area contributed by atoms with Crippen LogP contribution >= 0.6 is 11.3 Å². The highest BCUT2D eigenvalue weighted by molar-refractivity contribution is 7.09. The van der Waals surface area contributed by atoms with Crippen LogP contribution in [0.4, 0.5) is 13.6 Å². The van der Waals surface area contributed by atoms with Crippen molar-refractivity contribution in [1.82, 2.24) is 20.0 Å². The van der Waals surface area contributed by atoms with E-state index in [1.54, 1.807) is 24.3 Å². The van der Waals surface area contributed by atoms with E-state index in [1.165, 1.54) is 28.2 Å². The van der Waals surface area contributed by atoms with Gasteiger partial charge in [-0.25, -0.2) is 18.3 Å².